The van der Waals surface area contributed by atoms with Gasteiger partial charge in [0.2, 0.25) is 0 Å². The fourth-order valence-corrected chi connectivity index (χ4v) is 2.25. The summed E-state index contributed by atoms with van der Waals surface area (Å²) in [4.78, 5) is 2.06. The van der Waals surface area contributed by atoms with Gasteiger partial charge >= 0.3 is 6.98 Å². The summed E-state index contributed by atoms with van der Waals surface area (Å²) in [5.41, 5.74) is 1.54. The van der Waals surface area contributed by atoms with Crippen LogP contribution in [-0.2, 0) is 6.32 Å². The van der Waals surface area contributed by atoms with Crippen LogP contribution in [0.2, 0.25) is 0 Å². The molecule has 0 bridgehead atoms. The molecular weight excluding hydrogens is 252 g/mol. The van der Waals surface area contributed by atoms with Crippen LogP contribution in [0.4, 0.5) is 18.6 Å². The number of anilines is 1. The van der Waals surface area contributed by atoms with E-state index in [-0.39, 0.29) is 5.56 Å². The minimum absolute atomic E-state index is 0.247. The van der Waals surface area contributed by atoms with Gasteiger partial charge in [0.05, 0.1) is 0 Å². The van der Waals surface area contributed by atoms with Gasteiger partial charge in [-0.05, 0) is 18.2 Å². The molecule has 102 valence electrons. The quantitative estimate of drug-likeness (QED) is 0.665. The fourth-order valence-electron chi connectivity index (χ4n) is 2.25. The van der Waals surface area contributed by atoms with Gasteiger partial charge in [-0.1, -0.05) is 17.8 Å². The van der Waals surface area contributed by atoms with Crippen molar-refractivity contribution in [3.8, 4) is 12.3 Å². The first-order chi connectivity index (χ1) is 8.98. The Bertz CT molecular complexity index is 488. The van der Waals surface area contributed by atoms with Crippen molar-refractivity contribution in [2.75, 3.05) is 31.1 Å². The van der Waals surface area contributed by atoms with E-state index in [2.05, 4.69) is 16.1 Å². The smallest absolute Gasteiger partial charge is 0.449 e. The number of hydrogen-bond acceptors (Lipinski definition) is 2. The minimum atomic E-state index is -4.84. The SMILES string of the molecule is C#Cc1cc(C[B-](F)(F)F)cc(N2CCNCC2)c1. The van der Waals surface area contributed by atoms with E-state index < -0.39 is 13.3 Å². The highest BCUT2D eigenvalue weighted by Gasteiger charge is 2.24. The van der Waals surface area contributed by atoms with E-state index in [0.29, 0.717) is 5.56 Å². The molecule has 0 spiro atoms. The van der Waals surface area contributed by atoms with Crippen LogP contribution >= 0.6 is 0 Å². The highest BCUT2D eigenvalue weighted by Crippen LogP contribution is 2.23. The molecule has 1 heterocycles. The third-order valence-electron chi connectivity index (χ3n) is 3.09. The maximum absolute atomic E-state index is 12.5. The third kappa shape index (κ3) is 3.93. The molecule has 0 radical (unpaired) electrons. The van der Waals surface area contributed by atoms with E-state index in [0.717, 1.165) is 31.9 Å². The maximum Gasteiger partial charge on any atom is 0.482 e. The Kier molecular flexibility index (Phi) is 4.06. The molecule has 2 rings (SSSR count). The summed E-state index contributed by atoms with van der Waals surface area (Å²) in [6.45, 7) is -1.61. The van der Waals surface area contributed by atoms with E-state index in [1.165, 1.54) is 6.07 Å². The van der Waals surface area contributed by atoms with Gasteiger partial charge in [0.15, 0.2) is 0 Å². The van der Waals surface area contributed by atoms with Crippen molar-refractivity contribution in [3.05, 3.63) is 29.3 Å². The van der Waals surface area contributed by atoms with E-state index >= 15 is 0 Å². The largest absolute Gasteiger partial charge is 0.482 e. The zero-order valence-corrected chi connectivity index (χ0v) is 10.5. The van der Waals surface area contributed by atoms with E-state index in [1.54, 1.807) is 12.1 Å². The predicted octanol–water partition coefficient (Wildman–Crippen LogP) is 2.01. The molecule has 0 unspecified atom stereocenters. The number of benzene rings is 1. The van der Waals surface area contributed by atoms with Crippen LogP contribution in [0, 0.1) is 12.3 Å². The summed E-state index contributed by atoms with van der Waals surface area (Å²) in [5, 5.41) is 3.21. The number of rotatable bonds is 3. The first-order valence-electron chi connectivity index (χ1n) is 6.25. The lowest BCUT2D eigenvalue weighted by Gasteiger charge is -2.30. The number of nitrogens with zero attached hydrogens (tertiary/aromatic N) is 1. The molecule has 1 aliphatic rings. The predicted molar refractivity (Wildman–Crippen MR) is 72.2 cm³/mol. The molecule has 6 heteroatoms. The number of nitrogens with one attached hydrogen (secondary N) is 1. The molecule has 2 nitrogen and oxygen atoms in total. The van der Waals surface area contributed by atoms with Gasteiger partial charge in [-0.25, -0.2) is 0 Å². The van der Waals surface area contributed by atoms with Gasteiger partial charge < -0.3 is 23.2 Å². The van der Waals surface area contributed by atoms with Crippen molar-refractivity contribution in [2.24, 2.45) is 0 Å². The van der Waals surface area contributed by atoms with Gasteiger partial charge in [0.1, 0.15) is 0 Å². The number of halogens is 3. The second-order valence-corrected chi connectivity index (χ2v) is 4.68. The Morgan fingerprint density at radius 1 is 1.21 bits per heavy atom. The third-order valence-corrected chi connectivity index (χ3v) is 3.09. The van der Waals surface area contributed by atoms with Crippen molar-refractivity contribution in [1.82, 2.24) is 5.32 Å². The molecule has 1 fully saturated rings. The second-order valence-electron chi connectivity index (χ2n) is 4.68. The molecule has 0 atom stereocenters. The van der Waals surface area contributed by atoms with Crippen molar-refractivity contribution in [1.29, 1.82) is 0 Å². The van der Waals surface area contributed by atoms with Gasteiger partial charge in [-0.2, -0.15) is 0 Å². The Labute approximate surface area is 111 Å². The van der Waals surface area contributed by atoms with Crippen LogP contribution < -0.4 is 10.2 Å². The summed E-state index contributed by atoms with van der Waals surface area (Å²) < 4.78 is 37.6. The van der Waals surface area contributed by atoms with Gasteiger partial charge in [-0.15, -0.1) is 6.42 Å². The number of piperazine rings is 1. The van der Waals surface area contributed by atoms with E-state index in [9.17, 15) is 12.9 Å². The molecule has 1 N–H and O–H groups in total. The standard InChI is InChI=1S/C13H15BF3N2/c1-2-11-7-12(10-14(15,16)17)9-13(8-11)19-5-3-18-4-6-19/h1,7-9,18H,3-6,10H2/q-1. The van der Waals surface area contributed by atoms with Crippen LogP contribution in [0.15, 0.2) is 18.2 Å². The minimum Gasteiger partial charge on any atom is -0.449 e. The van der Waals surface area contributed by atoms with Gasteiger partial charge in [0.25, 0.3) is 0 Å². The Balaban J connectivity index is 2.27. The molecule has 0 saturated carbocycles. The zero-order chi connectivity index (χ0) is 13.9. The lowest BCUT2D eigenvalue weighted by molar-refractivity contribution is 0.468. The summed E-state index contributed by atoms with van der Waals surface area (Å²) in [6.07, 6.45) is 4.44. The van der Waals surface area contributed by atoms with Crippen molar-refractivity contribution < 1.29 is 12.9 Å². The average molecular weight is 267 g/mol. The highest BCUT2D eigenvalue weighted by molar-refractivity contribution is 6.57. The first kappa shape index (κ1) is 13.8. The lowest BCUT2D eigenvalue weighted by Crippen LogP contribution is -2.43. The second kappa shape index (κ2) is 5.58. The topological polar surface area (TPSA) is 15.3 Å². The van der Waals surface area contributed by atoms with Crippen LogP contribution in [0.5, 0.6) is 0 Å². The van der Waals surface area contributed by atoms with Gasteiger partial charge in [-0.3, -0.25) is 0 Å². The van der Waals surface area contributed by atoms with Crippen LogP contribution in [0.25, 0.3) is 0 Å². The monoisotopic (exact) mass is 267 g/mol. The van der Waals surface area contributed by atoms with E-state index in [4.69, 9.17) is 6.42 Å². The van der Waals surface area contributed by atoms with Crippen molar-refractivity contribution in [3.63, 3.8) is 0 Å². The maximum atomic E-state index is 12.5. The fraction of sp³-hybridized carbons (Fsp3) is 0.385. The molecule has 1 aromatic rings. The Hall–Kier alpha value is -1.61. The zero-order valence-electron chi connectivity index (χ0n) is 10.5. The van der Waals surface area contributed by atoms with Crippen molar-refractivity contribution in [2.45, 2.75) is 6.32 Å². The first-order valence-corrected chi connectivity index (χ1v) is 6.25. The van der Waals surface area contributed by atoms with Crippen LogP contribution in [0.3, 0.4) is 0 Å². The van der Waals surface area contributed by atoms with Gasteiger partial charge in [0, 0.05) is 37.4 Å². The molecule has 1 saturated heterocycles. The van der Waals surface area contributed by atoms with E-state index in [1.807, 2.05) is 0 Å². The lowest BCUT2D eigenvalue weighted by atomic mass is 9.81. The number of hydrogen-bond donors (Lipinski definition) is 1. The molecule has 1 aliphatic heterocycles. The summed E-state index contributed by atoms with van der Waals surface area (Å²) in [5.74, 6) is 2.43. The average Bonchev–Trinajstić information content (AvgIpc) is 2.37. The molecule has 19 heavy (non-hydrogen) atoms. The van der Waals surface area contributed by atoms with Crippen LogP contribution in [0.1, 0.15) is 11.1 Å². The molecule has 1 aromatic carbocycles. The van der Waals surface area contributed by atoms with Crippen molar-refractivity contribution >= 4 is 12.7 Å². The highest BCUT2D eigenvalue weighted by atomic mass is 19.4. The number of terminal acetylenes is 1. The molecule has 0 aromatic heterocycles. The molecule has 0 aliphatic carbocycles. The Morgan fingerprint density at radius 2 is 1.89 bits per heavy atom. The summed E-state index contributed by atoms with van der Waals surface area (Å²) >= 11 is 0. The van der Waals surface area contributed by atoms with Crippen LogP contribution in [-0.4, -0.2) is 33.2 Å². The molecular formula is C13H15BF3N2-. The Morgan fingerprint density at radius 3 is 2.47 bits per heavy atom. The summed E-state index contributed by atoms with van der Waals surface area (Å²) in [6, 6.07) is 4.82. The normalized spacial score (nSPS) is 16.2. The molecule has 0 amide bonds. The summed E-state index contributed by atoms with van der Waals surface area (Å²) in [7, 11) is 0.